The summed E-state index contributed by atoms with van der Waals surface area (Å²) in [6.45, 7) is 8.72. The predicted octanol–water partition coefficient (Wildman–Crippen LogP) is 6.93. The number of aromatic nitrogens is 2. The molecule has 30 heavy (non-hydrogen) atoms. The quantitative estimate of drug-likeness (QED) is 0.263. The minimum Gasteiger partial charge on any atom is -0.379 e. The smallest absolute Gasteiger partial charge is 0.170 e. The number of ether oxygens (including phenoxy) is 1. The van der Waals surface area contributed by atoms with Crippen LogP contribution in [-0.4, -0.2) is 22.7 Å². The van der Waals surface area contributed by atoms with Crippen molar-refractivity contribution in [3.8, 4) is 11.4 Å². The van der Waals surface area contributed by atoms with Crippen molar-refractivity contribution in [3.63, 3.8) is 0 Å². The molecule has 0 saturated carbocycles. The zero-order valence-electron chi connectivity index (χ0n) is 18.0. The first-order valence-electron chi connectivity index (χ1n) is 10.7. The lowest BCUT2D eigenvalue weighted by Crippen LogP contribution is -2.08. The number of hydrogen-bond donors (Lipinski definition) is 0. The molecule has 0 saturated heterocycles. The molecule has 0 radical (unpaired) electrons. The van der Waals surface area contributed by atoms with Crippen molar-refractivity contribution in [2.24, 2.45) is 0 Å². The first-order chi connectivity index (χ1) is 14.6. The lowest BCUT2D eigenvalue weighted by Gasteiger charge is -2.12. The fourth-order valence-corrected chi connectivity index (χ4v) is 3.09. The van der Waals surface area contributed by atoms with Gasteiger partial charge in [-0.25, -0.2) is 18.7 Å². The van der Waals surface area contributed by atoms with Crippen LogP contribution >= 0.6 is 0 Å². The van der Waals surface area contributed by atoms with E-state index in [0.29, 0.717) is 6.42 Å². The van der Waals surface area contributed by atoms with E-state index < -0.39 is 11.6 Å². The number of rotatable bonds is 13. The Bertz CT molecular complexity index is 819. The monoisotopic (exact) mass is 414 g/mol. The van der Waals surface area contributed by atoms with E-state index in [1.165, 1.54) is 18.9 Å². The van der Waals surface area contributed by atoms with Crippen molar-refractivity contribution in [1.29, 1.82) is 0 Å². The van der Waals surface area contributed by atoms with Crippen molar-refractivity contribution in [2.75, 3.05) is 6.61 Å². The summed E-state index contributed by atoms with van der Waals surface area (Å²) in [6.07, 6.45) is 15.5. The highest BCUT2D eigenvalue weighted by molar-refractivity contribution is 5.61. The topological polar surface area (TPSA) is 35.0 Å². The van der Waals surface area contributed by atoms with Crippen LogP contribution in [0.2, 0.25) is 0 Å². The second kappa shape index (κ2) is 13.0. The first kappa shape index (κ1) is 23.9. The fraction of sp³-hybridized carbons (Fsp3) is 0.440. The first-order valence-corrected chi connectivity index (χ1v) is 10.7. The van der Waals surface area contributed by atoms with Gasteiger partial charge in [0.1, 0.15) is 0 Å². The number of hydrogen-bond acceptors (Lipinski definition) is 3. The Morgan fingerprint density at radius 3 is 2.57 bits per heavy atom. The second-order valence-corrected chi connectivity index (χ2v) is 7.46. The van der Waals surface area contributed by atoms with Crippen LogP contribution in [0, 0.1) is 11.6 Å². The summed E-state index contributed by atoms with van der Waals surface area (Å²) in [4.78, 5) is 8.28. The van der Waals surface area contributed by atoms with E-state index in [-0.39, 0.29) is 23.1 Å². The van der Waals surface area contributed by atoms with Gasteiger partial charge in [-0.05, 0) is 50.7 Å². The molecule has 1 atom stereocenters. The highest BCUT2D eigenvalue weighted by Crippen LogP contribution is 2.24. The van der Waals surface area contributed by atoms with E-state index in [9.17, 15) is 8.78 Å². The molecular weight excluding hydrogens is 382 g/mol. The maximum atomic E-state index is 14.5. The van der Waals surface area contributed by atoms with Crippen molar-refractivity contribution in [3.05, 3.63) is 66.0 Å². The van der Waals surface area contributed by atoms with Crippen LogP contribution < -0.4 is 0 Å². The van der Waals surface area contributed by atoms with Crippen LogP contribution in [0.5, 0.6) is 0 Å². The van der Waals surface area contributed by atoms with Crippen molar-refractivity contribution >= 4 is 6.08 Å². The summed E-state index contributed by atoms with van der Waals surface area (Å²) >= 11 is 0. The standard InChI is InChI=1S/C25H32F2N2O/c1-4-6-10-16-30-19(3)12-8-7-9-13-21-14-15-22(24(27)23(21)26)25-28-17-20(11-5-2)18-29-25/h5,9,13-15,17-19H,2,4,6-8,10-12,16H2,1,3H3. The summed E-state index contributed by atoms with van der Waals surface area (Å²) in [6, 6.07) is 3.08. The van der Waals surface area contributed by atoms with Gasteiger partial charge >= 0.3 is 0 Å². The Hall–Kier alpha value is -2.40. The van der Waals surface area contributed by atoms with Crippen LogP contribution in [0.25, 0.3) is 17.5 Å². The molecule has 0 aliphatic heterocycles. The van der Waals surface area contributed by atoms with E-state index in [0.717, 1.165) is 37.9 Å². The van der Waals surface area contributed by atoms with Crippen LogP contribution in [-0.2, 0) is 11.2 Å². The molecule has 0 fully saturated rings. The zero-order chi connectivity index (χ0) is 21.8. The largest absolute Gasteiger partial charge is 0.379 e. The summed E-state index contributed by atoms with van der Waals surface area (Å²) in [5.74, 6) is -1.64. The number of allylic oxidation sites excluding steroid dienone is 2. The number of benzene rings is 1. The van der Waals surface area contributed by atoms with Gasteiger partial charge in [0, 0.05) is 24.6 Å². The maximum Gasteiger partial charge on any atom is 0.170 e. The van der Waals surface area contributed by atoms with Crippen molar-refractivity contribution < 1.29 is 13.5 Å². The summed E-state index contributed by atoms with van der Waals surface area (Å²) in [7, 11) is 0. The van der Waals surface area contributed by atoms with Gasteiger partial charge in [-0.3, -0.25) is 0 Å². The molecule has 0 N–H and O–H groups in total. The third-order valence-electron chi connectivity index (χ3n) is 4.87. The van der Waals surface area contributed by atoms with Gasteiger partial charge in [-0.2, -0.15) is 0 Å². The highest BCUT2D eigenvalue weighted by atomic mass is 19.2. The summed E-state index contributed by atoms with van der Waals surface area (Å²) < 4.78 is 34.8. The molecule has 2 aromatic rings. The molecular formula is C25H32F2N2O. The van der Waals surface area contributed by atoms with E-state index >= 15 is 0 Å². The third kappa shape index (κ3) is 7.45. The van der Waals surface area contributed by atoms with Gasteiger partial charge < -0.3 is 4.74 Å². The van der Waals surface area contributed by atoms with Gasteiger partial charge in [0.15, 0.2) is 17.5 Å². The average molecular weight is 415 g/mol. The molecule has 0 aliphatic carbocycles. The highest BCUT2D eigenvalue weighted by Gasteiger charge is 2.15. The Kier molecular flexibility index (Phi) is 10.4. The Morgan fingerprint density at radius 2 is 1.87 bits per heavy atom. The maximum absolute atomic E-state index is 14.5. The molecule has 1 aromatic carbocycles. The Balaban J connectivity index is 1.88. The number of halogens is 2. The second-order valence-electron chi connectivity index (χ2n) is 7.46. The van der Waals surface area contributed by atoms with Gasteiger partial charge in [0.25, 0.3) is 0 Å². The molecule has 0 spiro atoms. The minimum atomic E-state index is -0.928. The van der Waals surface area contributed by atoms with Gasteiger partial charge in [-0.15, -0.1) is 6.58 Å². The zero-order valence-corrected chi connectivity index (χ0v) is 18.0. The van der Waals surface area contributed by atoms with Gasteiger partial charge in [-0.1, -0.05) is 44.1 Å². The van der Waals surface area contributed by atoms with E-state index in [2.05, 4.69) is 30.4 Å². The van der Waals surface area contributed by atoms with E-state index in [4.69, 9.17) is 4.74 Å². The van der Waals surface area contributed by atoms with Gasteiger partial charge in [0.05, 0.1) is 11.7 Å². The number of nitrogens with zero attached hydrogens (tertiary/aromatic N) is 2. The Morgan fingerprint density at radius 1 is 1.10 bits per heavy atom. The van der Waals surface area contributed by atoms with Crippen LogP contribution in [0.4, 0.5) is 8.78 Å². The molecule has 0 amide bonds. The molecule has 1 unspecified atom stereocenters. The lowest BCUT2D eigenvalue weighted by atomic mass is 10.1. The SMILES string of the molecule is C=CCc1cnc(-c2ccc(C=CCCCC(C)OCCCCC)c(F)c2F)nc1. The molecule has 0 bridgehead atoms. The molecule has 0 aliphatic rings. The molecule has 162 valence electrons. The minimum absolute atomic E-state index is 0.0591. The number of unbranched alkanes of at least 4 members (excludes halogenated alkanes) is 3. The molecule has 3 nitrogen and oxygen atoms in total. The van der Waals surface area contributed by atoms with Gasteiger partial charge in [0.2, 0.25) is 0 Å². The predicted molar refractivity (Wildman–Crippen MR) is 119 cm³/mol. The van der Waals surface area contributed by atoms with Crippen LogP contribution in [0.3, 0.4) is 0 Å². The Labute approximate surface area is 178 Å². The molecule has 5 heteroatoms. The van der Waals surface area contributed by atoms with Crippen LogP contribution in [0.1, 0.15) is 63.5 Å². The molecule has 1 aromatic heterocycles. The molecule has 2 rings (SSSR count). The normalized spacial score (nSPS) is 12.4. The lowest BCUT2D eigenvalue weighted by molar-refractivity contribution is 0.0566. The fourth-order valence-electron chi connectivity index (χ4n) is 3.09. The van der Waals surface area contributed by atoms with Crippen molar-refractivity contribution in [1.82, 2.24) is 9.97 Å². The van der Waals surface area contributed by atoms with E-state index in [1.54, 1.807) is 30.6 Å². The molecule has 1 heterocycles. The summed E-state index contributed by atoms with van der Waals surface area (Å²) in [5.41, 5.74) is 1.15. The average Bonchev–Trinajstić information content (AvgIpc) is 2.75. The summed E-state index contributed by atoms with van der Waals surface area (Å²) in [5, 5.41) is 0. The third-order valence-corrected chi connectivity index (χ3v) is 4.87. The van der Waals surface area contributed by atoms with Crippen molar-refractivity contribution in [2.45, 2.75) is 64.9 Å². The van der Waals surface area contributed by atoms with E-state index in [1.807, 2.05) is 6.08 Å². The van der Waals surface area contributed by atoms with Crippen LogP contribution in [0.15, 0.2) is 43.3 Å².